The van der Waals surface area contributed by atoms with E-state index >= 15 is 0 Å². The summed E-state index contributed by atoms with van der Waals surface area (Å²) in [7, 11) is 0. The molecular weight excluding hydrogens is 232 g/mol. The summed E-state index contributed by atoms with van der Waals surface area (Å²) in [6.45, 7) is 0. The number of hydrogen-bond donors (Lipinski definition) is 1. The molecule has 0 unspecified atom stereocenters. The summed E-state index contributed by atoms with van der Waals surface area (Å²) in [5, 5.41) is 0.801. The van der Waals surface area contributed by atoms with Crippen molar-refractivity contribution in [2.75, 3.05) is 5.73 Å². The zero-order chi connectivity index (χ0) is 11.7. The van der Waals surface area contributed by atoms with Crippen LogP contribution in [0.15, 0.2) is 22.6 Å². The van der Waals surface area contributed by atoms with E-state index in [1.807, 2.05) is 30.0 Å². The molecule has 17 heavy (non-hydrogen) atoms. The molecule has 3 nitrogen and oxygen atoms in total. The highest BCUT2D eigenvalue weighted by molar-refractivity contribution is 7.99. The first-order valence-corrected chi connectivity index (χ1v) is 7.13. The maximum atomic E-state index is 5.72. The van der Waals surface area contributed by atoms with Gasteiger partial charge in [0.15, 0.2) is 5.58 Å². The highest BCUT2D eigenvalue weighted by Crippen LogP contribution is 2.32. The summed E-state index contributed by atoms with van der Waals surface area (Å²) in [5.74, 6) is 1.70. The van der Waals surface area contributed by atoms with Crippen molar-refractivity contribution in [2.45, 2.75) is 36.7 Å². The lowest BCUT2D eigenvalue weighted by atomic mass is 10.3. The van der Waals surface area contributed by atoms with Crippen LogP contribution in [0.3, 0.4) is 0 Å². The van der Waals surface area contributed by atoms with Crippen LogP contribution in [0.25, 0.3) is 11.1 Å². The van der Waals surface area contributed by atoms with Crippen molar-refractivity contribution in [2.24, 2.45) is 0 Å². The van der Waals surface area contributed by atoms with Gasteiger partial charge in [-0.25, -0.2) is 4.98 Å². The van der Waals surface area contributed by atoms with Crippen LogP contribution in [-0.2, 0) is 5.75 Å². The fourth-order valence-electron chi connectivity index (χ4n) is 2.30. The molecule has 0 atom stereocenters. The molecule has 0 aliphatic heterocycles. The minimum atomic E-state index is 0.737. The van der Waals surface area contributed by atoms with Gasteiger partial charge in [-0.3, -0.25) is 0 Å². The van der Waals surface area contributed by atoms with Gasteiger partial charge in [-0.1, -0.05) is 12.8 Å². The van der Waals surface area contributed by atoms with Crippen molar-refractivity contribution in [3.8, 4) is 0 Å². The van der Waals surface area contributed by atoms with Gasteiger partial charge in [-0.2, -0.15) is 0 Å². The van der Waals surface area contributed by atoms with Crippen LogP contribution >= 0.6 is 11.8 Å². The first kappa shape index (κ1) is 11.0. The van der Waals surface area contributed by atoms with E-state index in [4.69, 9.17) is 10.2 Å². The Kier molecular flexibility index (Phi) is 2.97. The van der Waals surface area contributed by atoms with Gasteiger partial charge in [0.25, 0.3) is 0 Å². The molecule has 2 N–H and O–H groups in total. The summed E-state index contributed by atoms with van der Waals surface area (Å²) < 4.78 is 5.70. The summed E-state index contributed by atoms with van der Waals surface area (Å²) in [5.41, 5.74) is 8.16. The molecule has 3 rings (SSSR count). The van der Waals surface area contributed by atoms with Crippen molar-refractivity contribution in [1.82, 2.24) is 4.98 Å². The van der Waals surface area contributed by atoms with Crippen molar-refractivity contribution in [3.05, 3.63) is 24.1 Å². The van der Waals surface area contributed by atoms with Crippen molar-refractivity contribution in [3.63, 3.8) is 0 Å². The fraction of sp³-hybridized carbons (Fsp3) is 0.462. The van der Waals surface area contributed by atoms with Gasteiger partial charge < -0.3 is 10.2 Å². The topological polar surface area (TPSA) is 52.0 Å². The highest BCUT2D eigenvalue weighted by Gasteiger charge is 2.16. The van der Waals surface area contributed by atoms with Crippen molar-refractivity contribution < 1.29 is 4.42 Å². The Balaban J connectivity index is 1.72. The highest BCUT2D eigenvalue weighted by atomic mass is 32.2. The number of nitrogen functional groups attached to an aromatic ring is 1. The number of oxazole rings is 1. The molecule has 0 spiro atoms. The van der Waals surface area contributed by atoms with E-state index < -0.39 is 0 Å². The van der Waals surface area contributed by atoms with Gasteiger partial charge in [-0.05, 0) is 31.0 Å². The summed E-state index contributed by atoms with van der Waals surface area (Å²) in [4.78, 5) is 4.47. The van der Waals surface area contributed by atoms with E-state index in [1.165, 1.54) is 25.7 Å². The molecule has 0 bridgehead atoms. The third kappa shape index (κ3) is 2.41. The van der Waals surface area contributed by atoms with Gasteiger partial charge in [0.05, 0.1) is 5.75 Å². The summed E-state index contributed by atoms with van der Waals surface area (Å²) >= 11 is 1.97. The molecule has 4 heteroatoms. The molecule has 0 amide bonds. The number of hydrogen-bond acceptors (Lipinski definition) is 4. The van der Waals surface area contributed by atoms with Crippen molar-refractivity contribution >= 4 is 28.5 Å². The van der Waals surface area contributed by atoms with Gasteiger partial charge in [-0.15, -0.1) is 11.8 Å². The fourth-order valence-corrected chi connectivity index (χ4v) is 3.47. The molecular formula is C13H16N2OS. The number of nitrogens with zero attached hydrogens (tertiary/aromatic N) is 1. The van der Waals surface area contributed by atoms with Crippen LogP contribution < -0.4 is 5.73 Å². The standard InChI is InChI=1S/C13H16N2OS/c14-9-5-6-12-11(7-9)15-13(16-12)8-17-10-3-1-2-4-10/h5-7,10H,1-4,8,14H2. The van der Waals surface area contributed by atoms with Gasteiger partial charge in [0.2, 0.25) is 5.89 Å². The molecule has 1 saturated carbocycles. The number of aromatic nitrogens is 1. The van der Waals surface area contributed by atoms with Crippen LogP contribution in [-0.4, -0.2) is 10.2 Å². The lowest BCUT2D eigenvalue weighted by Gasteiger charge is -2.05. The maximum Gasteiger partial charge on any atom is 0.205 e. The predicted octanol–water partition coefficient (Wildman–Crippen LogP) is 3.59. The number of anilines is 1. The molecule has 1 heterocycles. The van der Waals surface area contributed by atoms with Gasteiger partial charge in [0.1, 0.15) is 5.52 Å². The molecule has 1 aromatic carbocycles. The third-order valence-electron chi connectivity index (χ3n) is 3.20. The molecule has 0 radical (unpaired) electrons. The normalized spacial score (nSPS) is 16.9. The molecule has 2 aromatic rings. The van der Waals surface area contributed by atoms with Crippen molar-refractivity contribution in [1.29, 1.82) is 0 Å². The SMILES string of the molecule is Nc1ccc2oc(CSC3CCCC3)nc2c1. The average molecular weight is 248 g/mol. The number of rotatable bonds is 3. The Bertz CT molecular complexity index is 517. The quantitative estimate of drug-likeness (QED) is 0.843. The molecule has 1 aliphatic rings. The van der Waals surface area contributed by atoms with E-state index in [1.54, 1.807) is 0 Å². The number of benzene rings is 1. The monoisotopic (exact) mass is 248 g/mol. The van der Waals surface area contributed by atoms with Crippen LogP contribution in [0.5, 0.6) is 0 Å². The zero-order valence-corrected chi connectivity index (χ0v) is 10.5. The number of fused-ring (bicyclic) bond motifs is 1. The molecule has 1 fully saturated rings. The minimum absolute atomic E-state index is 0.737. The van der Waals surface area contributed by atoms with Crippen LogP contribution in [0.2, 0.25) is 0 Å². The molecule has 90 valence electrons. The second kappa shape index (κ2) is 4.61. The second-order valence-corrected chi connectivity index (χ2v) is 5.84. The predicted molar refractivity (Wildman–Crippen MR) is 72.0 cm³/mol. The van der Waals surface area contributed by atoms with E-state index in [2.05, 4.69) is 4.98 Å². The van der Waals surface area contributed by atoms with Crippen LogP contribution in [0, 0.1) is 0 Å². The average Bonchev–Trinajstić information content (AvgIpc) is 2.94. The Morgan fingerprint density at radius 2 is 2.18 bits per heavy atom. The summed E-state index contributed by atoms with van der Waals surface area (Å²) in [6.07, 6.45) is 5.44. The zero-order valence-electron chi connectivity index (χ0n) is 9.69. The Hall–Kier alpha value is -1.16. The lowest BCUT2D eigenvalue weighted by molar-refractivity contribution is 0.555. The molecule has 1 aromatic heterocycles. The Labute approximate surface area is 105 Å². The van der Waals surface area contributed by atoms with E-state index in [0.29, 0.717) is 0 Å². The van der Waals surface area contributed by atoms with Gasteiger partial charge in [0, 0.05) is 10.9 Å². The van der Waals surface area contributed by atoms with Crippen LogP contribution in [0.1, 0.15) is 31.6 Å². The van der Waals surface area contributed by atoms with E-state index in [-0.39, 0.29) is 0 Å². The molecule has 0 saturated heterocycles. The first-order chi connectivity index (χ1) is 8.31. The first-order valence-electron chi connectivity index (χ1n) is 6.08. The smallest absolute Gasteiger partial charge is 0.205 e. The minimum Gasteiger partial charge on any atom is -0.440 e. The largest absolute Gasteiger partial charge is 0.440 e. The lowest BCUT2D eigenvalue weighted by Crippen LogP contribution is -1.94. The Morgan fingerprint density at radius 3 is 3.00 bits per heavy atom. The molecule has 1 aliphatic carbocycles. The number of nitrogens with two attached hydrogens (primary N) is 1. The second-order valence-electron chi connectivity index (χ2n) is 4.55. The van der Waals surface area contributed by atoms with Crippen LogP contribution in [0.4, 0.5) is 5.69 Å². The Morgan fingerprint density at radius 1 is 1.35 bits per heavy atom. The number of thioether (sulfide) groups is 1. The van der Waals surface area contributed by atoms with E-state index in [0.717, 1.165) is 33.7 Å². The third-order valence-corrected chi connectivity index (χ3v) is 4.56. The van der Waals surface area contributed by atoms with E-state index in [9.17, 15) is 0 Å². The summed E-state index contributed by atoms with van der Waals surface area (Å²) in [6, 6.07) is 5.60. The van der Waals surface area contributed by atoms with Gasteiger partial charge >= 0.3 is 0 Å². The maximum absolute atomic E-state index is 5.72.